The highest BCUT2D eigenvalue weighted by Gasteiger charge is 2.34. The maximum absolute atomic E-state index is 11.2. The SMILES string of the molecule is C=CCO[C@H]([C@H](OCC=C)[C@H](C)O)[C@@H](C=O)OCC=C. The molecule has 0 spiro atoms. The normalized spacial score (nSPS) is 16.7. The third kappa shape index (κ3) is 6.77. The molecular weight excluding hydrogens is 260 g/mol. The molecule has 0 aliphatic rings. The maximum atomic E-state index is 11.2. The van der Waals surface area contributed by atoms with Gasteiger partial charge >= 0.3 is 0 Å². The highest BCUT2D eigenvalue weighted by Crippen LogP contribution is 2.15. The Balaban J connectivity index is 5.00. The Kier molecular flexibility index (Phi) is 10.8. The highest BCUT2D eigenvalue weighted by molar-refractivity contribution is 5.57. The summed E-state index contributed by atoms with van der Waals surface area (Å²) in [6.07, 6.45) is 2.11. The summed E-state index contributed by atoms with van der Waals surface area (Å²) in [5.74, 6) is 0. The topological polar surface area (TPSA) is 65.0 Å². The van der Waals surface area contributed by atoms with Crippen molar-refractivity contribution in [2.24, 2.45) is 0 Å². The minimum absolute atomic E-state index is 0.200. The van der Waals surface area contributed by atoms with Crippen LogP contribution in [0.2, 0.25) is 0 Å². The van der Waals surface area contributed by atoms with E-state index in [1.54, 1.807) is 19.1 Å². The highest BCUT2D eigenvalue weighted by atomic mass is 16.6. The summed E-state index contributed by atoms with van der Waals surface area (Å²) in [7, 11) is 0. The van der Waals surface area contributed by atoms with E-state index in [1.807, 2.05) is 0 Å². The van der Waals surface area contributed by atoms with Gasteiger partial charge in [0.05, 0.1) is 25.9 Å². The molecular formula is C15H24O5. The first-order valence-corrected chi connectivity index (χ1v) is 6.43. The number of aliphatic hydroxyl groups excluding tert-OH is 1. The molecule has 0 radical (unpaired) electrons. The van der Waals surface area contributed by atoms with Gasteiger partial charge in [-0.15, -0.1) is 19.7 Å². The molecule has 0 bridgehead atoms. The molecule has 0 unspecified atom stereocenters. The summed E-state index contributed by atoms with van der Waals surface area (Å²) >= 11 is 0. The zero-order chi connectivity index (χ0) is 15.4. The van der Waals surface area contributed by atoms with Crippen LogP contribution in [0.4, 0.5) is 0 Å². The Morgan fingerprint density at radius 2 is 1.40 bits per heavy atom. The van der Waals surface area contributed by atoms with Crippen LogP contribution in [0.15, 0.2) is 38.0 Å². The molecule has 0 aliphatic carbocycles. The molecule has 1 N–H and O–H groups in total. The van der Waals surface area contributed by atoms with Crippen LogP contribution in [0.25, 0.3) is 0 Å². The zero-order valence-electron chi connectivity index (χ0n) is 11.9. The summed E-state index contributed by atoms with van der Waals surface area (Å²) in [4.78, 5) is 11.2. The Hall–Kier alpha value is -1.27. The first-order valence-electron chi connectivity index (χ1n) is 6.43. The number of aldehydes is 1. The maximum Gasteiger partial charge on any atom is 0.151 e. The van der Waals surface area contributed by atoms with Crippen LogP contribution >= 0.6 is 0 Å². The van der Waals surface area contributed by atoms with Crippen LogP contribution in [0.1, 0.15) is 6.92 Å². The fraction of sp³-hybridized carbons (Fsp3) is 0.533. The van der Waals surface area contributed by atoms with Gasteiger partial charge in [-0.3, -0.25) is 0 Å². The number of aliphatic hydroxyl groups is 1. The van der Waals surface area contributed by atoms with Crippen LogP contribution in [-0.2, 0) is 19.0 Å². The molecule has 5 nitrogen and oxygen atoms in total. The fourth-order valence-electron chi connectivity index (χ4n) is 1.63. The van der Waals surface area contributed by atoms with E-state index in [2.05, 4.69) is 19.7 Å². The van der Waals surface area contributed by atoms with E-state index in [0.717, 1.165) is 0 Å². The van der Waals surface area contributed by atoms with Gasteiger partial charge in [0.25, 0.3) is 0 Å². The van der Waals surface area contributed by atoms with E-state index >= 15 is 0 Å². The molecule has 0 aliphatic heterocycles. The van der Waals surface area contributed by atoms with Crippen LogP contribution in [0.3, 0.4) is 0 Å². The third-order valence-electron chi connectivity index (χ3n) is 2.48. The van der Waals surface area contributed by atoms with Gasteiger partial charge < -0.3 is 24.1 Å². The summed E-state index contributed by atoms with van der Waals surface area (Å²) in [5, 5.41) is 9.82. The quantitative estimate of drug-likeness (QED) is 0.408. The number of rotatable bonds is 13. The molecule has 0 rings (SSSR count). The smallest absolute Gasteiger partial charge is 0.151 e. The third-order valence-corrected chi connectivity index (χ3v) is 2.48. The number of carbonyl (C=O) groups excluding carboxylic acids is 1. The lowest BCUT2D eigenvalue weighted by molar-refractivity contribution is -0.160. The molecule has 0 fully saturated rings. The Labute approximate surface area is 120 Å². The molecule has 114 valence electrons. The van der Waals surface area contributed by atoms with Crippen molar-refractivity contribution in [3.63, 3.8) is 0 Å². The fourth-order valence-corrected chi connectivity index (χ4v) is 1.63. The van der Waals surface area contributed by atoms with E-state index in [-0.39, 0.29) is 19.8 Å². The number of ether oxygens (including phenoxy) is 3. The molecule has 5 heteroatoms. The van der Waals surface area contributed by atoms with Gasteiger partial charge in [-0.2, -0.15) is 0 Å². The van der Waals surface area contributed by atoms with E-state index in [0.29, 0.717) is 6.29 Å². The lowest BCUT2D eigenvalue weighted by atomic mass is 10.0. The average molecular weight is 284 g/mol. The van der Waals surface area contributed by atoms with Crippen molar-refractivity contribution in [1.29, 1.82) is 0 Å². The molecule has 0 aromatic carbocycles. The molecule has 0 aromatic heterocycles. The predicted molar refractivity (Wildman–Crippen MR) is 77.6 cm³/mol. The van der Waals surface area contributed by atoms with Gasteiger partial charge in [0, 0.05) is 0 Å². The summed E-state index contributed by atoms with van der Waals surface area (Å²) in [5.41, 5.74) is 0. The largest absolute Gasteiger partial charge is 0.391 e. The lowest BCUT2D eigenvalue weighted by Gasteiger charge is -2.32. The van der Waals surface area contributed by atoms with E-state index in [4.69, 9.17) is 14.2 Å². The van der Waals surface area contributed by atoms with Gasteiger partial charge in [0.1, 0.15) is 18.3 Å². The van der Waals surface area contributed by atoms with Gasteiger partial charge in [-0.25, -0.2) is 0 Å². The zero-order valence-corrected chi connectivity index (χ0v) is 11.9. The number of hydrogen-bond donors (Lipinski definition) is 1. The summed E-state index contributed by atoms with van der Waals surface area (Å²) in [6.45, 7) is 12.8. The molecule has 4 atom stereocenters. The number of carbonyl (C=O) groups is 1. The monoisotopic (exact) mass is 284 g/mol. The summed E-state index contributed by atoms with van der Waals surface area (Å²) in [6, 6.07) is 0. The van der Waals surface area contributed by atoms with E-state index in [1.165, 1.54) is 6.08 Å². The molecule has 0 saturated heterocycles. The van der Waals surface area contributed by atoms with Crippen molar-refractivity contribution >= 4 is 6.29 Å². The van der Waals surface area contributed by atoms with Crippen molar-refractivity contribution in [2.45, 2.75) is 31.3 Å². The first kappa shape index (κ1) is 18.7. The first-order chi connectivity index (χ1) is 9.62. The molecule has 0 saturated carbocycles. The van der Waals surface area contributed by atoms with Crippen LogP contribution < -0.4 is 0 Å². The predicted octanol–water partition coefficient (Wildman–Crippen LogP) is 1.28. The van der Waals surface area contributed by atoms with Gasteiger partial charge in [0.2, 0.25) is 0 Å². The van der Waals surface area contributed by atoms with Gasteiger partial charge in [-0.05, 0) is 6.92 Å². The molecule has 0 amide bonds. The minimum Gasteiger partial charge on any atom is -0.391 e. The van der Waals surface area contributed by atoms with Crippen LogP contribution in [-0.4, -0.2) is 55.6 Å². The molecule has 20 heavy (non-hydrogen) atoms. The minimum atomic E-state index is -0.864. The summed E-state index contributed by atoms with van der Waals surface area (Å²) < 4.78 is 16.4. The van der Waals surface area contributed by atoms with E-state index in [9.17, 15) is 9.90 Å². The van der Waals surface area contributed by atoms with Crippen molar-refractivity contribution in [2.75, 3.05) is 19.8 Å². The Bertz CT molecular complexity index is 301. The molecule has 0 heterocycles. The lowest BCUT2D eigenvalue weighted by Crippen LogP contribution is -2.48. The van der Waals surface area contributed by atoms with Crippen LogP contribution in [0.5, 0.6) is 0 Å². The van der Waals surface area contributed by atoms with Crippen molar-refractivity contribution in [3.05, 3.63) is 38.0 Å². The van der Waals surface area contributed by atoms with Crippen molar-refractivity contribution in [1.82, 2.24) is 0 Å². The second-order valence-electron chi connectivity index (χ2n) is 4.14. The van der Waals surface area contributed by atoms with Gasteiger partial charge in [-0.1, -0.05) is 18.2 Å². The number of hydrogen-bond acceptors (Lipinski definition) is 5. The standard InChI is InChI=1S/C15H24O5/c1-5-8-18-13(11-16)15(20-10-7-3)14(12(4)17)19-9-6-2/h5-7,11-15,17H,1-3,8-10H2,4H3/t12-,13+,14+,15-/m0/s1. The van der Waals surface area contributed by atoms with Crippen LogP contribution in [0, 0.1) is 0 Å². The second-order valence-corrected chi connectivity index (χ2v) is 4.14. The Morgan fingerprint density at radius 3 is 1.80 bits per heavy atom. The molecule has 0 aromatic rings. The Morgan fingerprint density at radius 1 is 0.950 bits per heavy atom. The second kappa shape index (κ2) is 11.5. The van der Waals surface area contributed by atoms with E-state index < -0.39 is 24.4 Å². The van der Waals surface area contributed by atoms with Crippen molar-refractivity contribution < 1.29 is 24.1 Å². The van der Waals surface area contributed by atoms with Gasteiger partial charge in [0.15, 0.2) is 6.29 Å². The average Bonchev–Trinajstić information content (AvgIpc) is 2.44. The van der Waals surface area contributed by atoms with Crippen molar-refractivity contribution in [3.8, 4) is 0 Å².